The quantitative estimate of drug-likeness (QED) is 0.698. The molecule has 0 radical (unpaired) electrons. The van der Waals surface area contributed by atoms with Crippen LogP contribution in [-0.4, -0.2) is 21.3 Å². The molecule has 0 aliphatic rings. The van der Waals surface area contributed by atoms with Gasteiger partial charge in [0, 0.05) is 12.2 Å². The molecule has 0 fully saturated rings. The summed E-state index contributed by atoms with van der Waals surface area (Å²) in [6, 6.07) is 7.33. The standard InChI is InChI=1S/C10H11N5O/c11-5-7-2-1-3-8(4-7)13-10(16)9-6-12-15-14-9/h1-4,6H,5,11H2,(H,13,16)(H,12,14,15). The van der Waals surface area contributed by atoms with Crippen molar-refractivity contribution in [1.29, 1.82) is 0 Å². The lowest BCUT2D eigenvalue weighted by molar-refractivity contribution is 0.102. The number of hydrogen-bond donors (Lipinski definition) is 3. The molecule has 2 aromatic rings. The number of aromatic nitrogens is 3. The highest BCUT2D eigenvalue weighted by atomic mass is 16.2. The van der Waals surface area contributed by atoms with E-state index in [-0.39, 0.29) is 11.6 Å². The highest BCUT2D eigenvalue weighted by molar-refractivity contribution is 6.02. The Kier molecular flexibility index (Phi) is 2.93. The van der Waals surface area contributed by atoms with Gasteiger partial charge in [-0.15, -0.1) is 0 Å². The second kappa shape index (κ2) is 4.54. The summed E-state index contributed by atoms with van der Waals surface area (Å²) in [7, 11) is 0. The largest absolute Gasteiger partial charge is 0.326 e. The molecule has 0 saturated heterocycles. The smallest absolute Gasteiger partial charge is 0.277 e. The Balaban J connectivity index is 2.12. The minimum Gasteiger partial charge on any atom is -0.326 e. The molecule has 16 heavy (non-hydrogen) atoms. The molecule has 4 N–H and O–H groups in total. The van der Waals surface area contributed by atoms with Crippen molar-refractivity contribution >= 4 is 11.6 Å². The maximum absolute atomic E-state index is 11.6. The molecular formula is C10H11N5O. The van der Waals surface area contributed by atoms with E-state index in [2.05, 4.69) is 20.7 Å². The molecule has 1 aromatic carbocycles. The van der Waals surface area contributed by atoms with Crippen molar-refractivity contribution in [3.8, 4) is 0 Å². The van der Waals surface area contributed by atoms with Crippen molar-refractivity contribution in [1.82, 2.24) is 15.4 Å². The molecule has 82 valence electrons. The van der Waals surface area contributed by atoms with Gasteiger partial charge in [-0.25, -0.2) is 0 Å². The van der Waals surface area contributed by atoms with Gasteiger partial charge in [0.1, 0.15) is 0 Å². The van der Waals surface area contributed by atoms with E-state index in [9.17, 15) is 4.79 Å². The van der Waals surface area contributed by atoms with E-state index < -0.39 is 0 Å². The summed E-state index contributed by atoms with van der Waals surface area (Å²) in [5, 5.41) is 12.3. The van der Waals surface area contributed by atoms with Crippen LogP contribution in [0.2, 0.25) is 0 Å². The number of aromatic amines is 1. The van der Waals surface area contributed by atoms with Crippen molar-refractivity contribution in [3.05, 3.63) is 41.7 Å². The van der Waals surface area contributed by atoms with E-state index in [4.69, 9.17) is 5.73 Å². The summed E-state index contributed by atoms with van der Waals surface area (Å²) in [5.41, 5.74) is 7.40. The van der Waals surface area contributed by atoms with Crippen LogP contribution in [0.3, 0.4) is 0 Å². The summed E-state index contributed by atoms with van der Waals surface area (Å²) >= 11 is 0. The first kappa shape index (κ1) is 10.3. The van der Waals surface area contributed by atoms with Crippen LogP contribution < -0.4 is 11.1 Å². The van der Waals surface area contributed by atoms with Crippen molar-refractivity contribution in [2.75, 3.05) is 5.32 Å². The Labute approximate surface area is 91.9 Å². The third-order valence-electron chi connectivity index (χ3n) is 2.07. The molecule has 0 saturated carbocycles. The number of nitrogens with zero attached hydrogens (tertiary/aromatic N) is 2. The predicted molar refractivity (Wildman–Crippen MR) is 58.7 cm³/mol. The van der Waals surface area contributed by atoms with Crippen molar-refractivity contribution < 1.29 is 4.79 Å². The number of hydrogen-bond acceptors (Lipinski definition) is 4. The first-order chi connectivity index (χ1) is 7.79. The highest BCUT2D eigenvalue weighted by Crippen LogP contribution is 2.10. The summed E-state index contributed by atoms with van der Waals surface area (Å²) < 4.78 is 0. The number of anilines is 1. The molecule has 0 aliphatic heterocycles. The normalized spacial score (nSPS) is 10.1. The molecule has 0 atom stereocenters. The van der Waals surface area contributed by atoms with Crippen molar-refractivity contribution in [2.45, 2.75) is 6.54 Å². The molecule has 0 bridgehead atoms. The Hall–Kier alpha value is -2.21. The van der Waals surface area contributed by atoms with Crippen LogP contribution in [0.25, 0.3) is 0 Å². The molecule has 1 amide bonds. The van der Waals surface area contributed by atoms with Gasteiger partial charge < -0.3 is 11.1 Å². The first-order valence-corrected chi connectivity index (χ1v) is 4.75. The molecular weight excluding hydrogens is 206 g/mol. The summed E-state index contributed by atoms with van der Waals surface area (Å²) in [5.74, 6) is -0.303. The Morgan fingerprint density at radius 3 is 3.06 bits per heavy atom. The third-order valence-corrected chi connectivity index (χ3v) is 2.07. The van der Waals surface area contributed by atoms with E-state index in [1.165, 1.54) is 6.20 Å². The van der Waals surface area contributed by atoms with Gasteiger partial charge in [-0.3, -0.25) is 4.79 Å². The monoisotopic (exact) mass is 217 g/mol. The molecule has 1 heterocycles. The molecule has 0 aliphatic carbocycles. The van der Waals surface area contributed by atoms with Gasteiger partial charge >= 0.3 is 0 Å². The van der Waals surface area contributed by atoms with Crippen LogP contribution >= 0.6 is 0 Å². The lowest BCUT2D eigenvalue weighted by Crippen LogP contribution is -2.12. The SMILES string of the molecule is NCc1cccc(NC(=O)c2cn[nH]n2)c1. The zero-order valence-electron chi connectivity index (χ0n) is 8.47. The van der Waals surface area contributed by atoms with E-state index in [0.717, 1.165) is 5.56 Å². The number of rotatable bonds is 3. The van der Waals surface area contributed by atoms with Gasteiger partial charge in [0.05, 0.1) is 6.20 Å². The average molecular weight is 217 g/mol. The van der Waals surface area contributed by atoms with Crippen molar-refractivity contribution in [3.63, 3.8) is 0 Å². The summed E-state index contributed by atoms with van der Waals surface area (Å²) in [6.45, 7) is 0.438. The molecule has 6 nitrogen and oxygen atoms in total. The minimum absolute atomic E-state index is 0.248. The fourth-order valence-electron chi connectivity index (χ4n) is 1.28. The van der Waals surface area contributed by atoms with Gasteiger partial charge in [0.15, 0.2) is 5.69 Å². The van der Waals surface area contributed by atoms with E-state index in [1.807, 2.05) is 18.2 Å². The zero-order chi connectivity index (χ0) is 11.4. The molecule has 6 heteroatoms. The van der Waals surface area contributed by atoms with Crippen LogP contribution in [0.5, 0.6) is 0 Å². The van der Waals surface area contributed by atoms with E-state index >= 15 is 0 Å². The topological polar surface area (TPSA) is 96.7 Å². The van der Waals surface area contributed by atoms with Crippen LogP contribution in [-0.2, 0) is 6.54 Å². The molecule has 2 rings (SSSR count). The fourth-order valence-corrected chi connectivity index (χ4v) is 1.28. The van der Waals surface area contributed by atoms with Gasteiger partial charge in [-0.2, -0.15) is 15.4 Å². The van der Waals surface area contributed by atoms with Gasteiger partial charge in [0.2, 0.25) is 0 Å². The second-order valence-electron chi connectivity index (χ2n) is 3.21. The number of carbonyl (C=O) groups is 1. The Morgan fingerprint density at radius 2 is 2.38 bits per heavy atom. The minimum atomic E-state index is -0.303. The van der Waals surface area contributed by atoms with Gasteiger partial charge in [-0.05, 0) is 17.7 Å². The van der Waals surface area contributed by atoms with Crippen LogP contribution in [0, 0.1) is 0 Å². The number of carbonyl (C=O) groups excluding carboxylic acids is 1. The lowest BCUT2D eigenvalue weighted by atomic mass is 10.2. The summed E-state index contributed by atoms with van der Waals surface area (Å²) in [6.07, 6.45) is 1.36. The van der Waals surface area contributed by atoms with Crippen LogP contribution in [0.4, 0.5) is 5.69 Å². The average Bonchev–Trinajstić information content (AvgIpc) is 2.83. The Morgan fingerprint density at radius 1 is 1.50 bits per heavy atom. The van der Waals surface area contributed by atoms with Crippen LogP contribution in [0.15, 0.2) is 30.5 Å². The highest BCUT2D eigenvalue weighted by Gasteiger charge is 2.08. The predicted octanol–water partition coefficient (Wildman–Crippen LogP) is 0.516. The summed E-state index contributed by atoms with van der Waals surface area (Å²) in [4.78, 5) is 11.6. The number of nitrogens with two attached hydrogens (primary N) is 1. The number of H-pyrrole nitrogens is 1. The Bertz CT molecular complexity index is 480. The van der Waals surface area contributed by atoms with Crippen LogP contribution in [0.1, 0.15) is 16.1 Å². The van der Waals surface area contributed by atoms with Gasteiger partial charge in [0.25, 0.3) is 5.91 Å². The number of amides is 1. The van der Waals surface area contributed by atoms with E-state index in [1.54, 1.807) is 6.07 Å². The zero-order valence-corrected chi connectivity index (χ0v) is 8.47. The maximum Gasteiger partial charge on any atom is 0.277 e. The van der Waals surface area contributed by atoms with Crippen molar-refractivity contribution in [2.24, 2.45) is 5.73 Å². The van der Waals surface area contributed by atoms with E-state index in [0.29, 0.717) is 12.2 Å². The lowest BCUT2D eigenvalue weighted by Gasteiger charge is -2.04. The number of benzene rings is 1. The molecule has 0 spiro atoms. The maximum atomic E-state index is 11.6. The number of nitrogens with one attached hydrogen (secondary N) is 2. The fraction of sp³-hybridized carbons (Fsp3) is 0.100. The van der Waals surface area contributed by atoms with Gasteiger partial charge in [-0.1, -0.05) is 12.1 Å². The molecule has 1 aromatic heterocycles. The third kappa shape index (κ3) is 2.23. The first-order valence-electron chi connectivity index (χ1n) is 4.75. The second-order valence-corrected chi connectivity index (χ2v) is 3.21. The molecule has 0 unspecified atom stereocenters.